The number of aromatic nitrogens is 1. The summed E-state index contributed by atoms with van der Waals surface area (Å²) in [7, 11) is 0. The number of aromatic amines is 1. The molecule has 2 aromatic heterocycles. The van der Waals surface area contributed by atoms with Gasteiger partial charge in [-0.25, -0.2) is 4.99 Å². The fourth-order valence-electron chi connectivity index (χ4n) is 3.43. The summed E-state index contributed by atoms with van der Waals surface area (Å²) in [4.78, 5) is 9.03. The lowest BCUT2D eigenvalue weighted by Crippen LogP contribution is -2.10. The van der Waals surface area contributed by atoms with Gasteiger partial charge in [-0.3, -0.25) is 0 Å². The van der Waals surface area contributed by atoms with Gasteiger partial charge in [0.15, 0.2) is 0 Å². The number of thiophene rings is 1. The Bertz CT molecular complexity index is 861. The molecule has 0 saturated carbocycles. The Hall–Kier alpha value is -2.07. The van der Waals surface area contributed by atoms with Crippen molar-refractivity contribution in [3.8, 4) is 0 Å². The quantitative estimate of drug-likeness (QED) is 0.342. The summed E-state index contributed by atoms with van der Waals surface area (Å²) >= 11 is 1.61. The Balaban J connectivity index is 1.83. The Kier molecular flexibility index (Phi) is 6.15. The second kappa shape index (κ2) is 8.54. The van der Waals surface area contributed by atoms with Crippen LogP contribution in [0.1, 0.15) is 62.8 Å². The number of aliphatic imine (C=N–C) groups is 1. The van der Waals surface area contributed by atoms with E-state index >= 15 is 0 Å². The van der Waals surface area contributed by atoms with E-state index in [0.717, 1.165) is 22.0 Å². The summed E-state index contributed by atoms with van der Waals surface area (Å²) in [5, 5.41) is 3.33. The number of hydrogen-bond acceptors (Lipinski definition) is 2. The van der Waals surface area contributed by atoms with Gasteiger partial charge in [-0.15, -0.1) is 11.3 Å². The summed E-state index contributed by atoms with van der Waals surface area (Å²) in [5.41, 5.74) is 9.59. The Morgan fingerprint density at radius 1 is 1.19 bits per heavy atom. The van der Waals surface area contributed by atoms with Crippen LogP contribution in [0.25, 0.3) is 10.9 Å². The fourth-order valence-corrected chi connectivity index (χ4v) is 4.06. The predicted octanol–water partition coefficient (Wildman–Crippen LogP) is 6.59. The molecule has 3 rings (SSSR count). The van der Waals surface area contributed by atoms with Gasteiger partial charge in [0, 0.05) is 17.1 Å². The monoisotopic (exact) mass is 367 g/mol. The normalized spacial score (nSPS) is 14.7. The summed E-state index contributed by atoms with van der Waals surface area (Å²) in [6, 6.07) is 10.3. The molecule has 0 bridgehead atoms. The van der Waals surface area contributed by atoms with Crippen LogP contribution in [0.4, 0.5) is 5.69 Å². The largest absolute Gasteiger partial charge is 0.383 e. The molecule has 4 heteroatoms. The zero-order chi connectivity index (χ0) is 18.5. The first kappa shape index (κ1) is 18.7. The van der Waals surface area contributed by atoms with Crippen LogP contribution in [0.3, 0.4) is 0 Å². The Morgan fingerprint density at radius 2 is 2.04 bits per heavy atom. The molecule has 2 heterocycles. The number of rotatable bonds is 8. The van der Waals surface area contributed by atoms with E-state index in [-0.39, 0.29) is 0 Å². The number of hydrogen-bond donors (Lipinski definition) is 2. The molecule has 0 amide bonds. The minimum atomic E-state index is 0.575. The zero-order valence-corrected chi connectivity index (χ0v) is 16.8. The molecule has 2 atom stereocenters. The highest BCUT2D eigenvalue weighted by atomic mass is 32.1. The van der Waals surface area contributed by atoms with Crippen LogP contribution in [0, 0.1) is 5.92 Å². The van der Waals surface area contributed by atoms with Crippen molar-refractivity contribution < 1.29 is 0 Å². The molecule has 0 radical (unpaired) electrons. The summed E-state index contributed by atoms with van der Waals surface area (Å²) in [6.45, 7) is 6.92. The van der Waals surface area contributed by atoms with Gasteiger partial charge in [0.2, 0.25) is 0 Å². The third kappa shape index (κ3) is 4.18. The van der Waals surface area contributed by atoms with E-state index in [1.807, 2.05) is 17.5 Å². The van der Waals surface area contributed by atoms with Gasteiger partial charge in [-0.2, -0.15) is 0 Å². The minimum Gasteiger partial charge on any atom is -0.383 e. The number of nitrogens with two attached hydrogens (primary N) is 1. The Labute approximate surface area is 160 Å². The van der Waals surface area contributed by atoms with Crippen molar-refractivity contribution in [2.75, 3.05) is 0 Å². The van der Waals surface area contributed by atoms with Crippen molar-refractivity contribution in [2.24, 2.45) is 16.6 Å². The van der Waals surface area contributed by atoms with E-state index in [1.165, 1.54) is 36.6 Å². The van der Waals surface area contributed by atoms with Crippen molar-refractivity contribution in [1.82, 2.24) is 4.98 Å². The molecule has 26 heavy (non-hydrogen) atoms. The first-order valence-electron chi connectivity index (χ1n) is 9.61. The number of H-pyrrole nitrogens is 1. The average molecular weight is 368 g/mol. The highest BCUT2D eigenvalue weighted by Crippen LogP contribution is 2.34. The van der Waals surface area contributed by atoms with Gasteiger partial charge >= 0.3 is 0 Å². The van der Waals surface area contributed by atoms with Gasteiger partial charge in [0.25, 0.3) is 0 Å². The van der Waals surface area contributed by atoms with Gasteiger partial charge in [0.1, 0.15) is 5.84 Å². The van der Waals surface area contributed by atoms with Crippen LogP contribution in [-0.4, -0.2) is 10.8 Å². The summed E-state index contributed by atoms with van der Waals surface area (Å²) < 4.78 is 0. The van der Waals surface area contributed by atoms with E-state index in [4.69, 9.17) is 5.73 Å². The maximum absolute atomic E-state index is 6.12. The average Bonchev–Trinajstić information content (AvgIpc) is 3.32. The molecule has 1 aromatic carbocycles. The first-order valence-corrected chi connectivity index (χ1v) is 10.5. The highest BCUT2D eigenvalue weighted by Gasteiger charge is 2.15. The van der Waals surface area contributed by atoms with E-state index in [1.54, 1.807) is 11.3 Å². The number of nitrogens with one attached hydrogen (secondary N) is 1. The van der Waals surface area contributed by atoms with Crippen LogP contribution in [0.5, 0.6) is 0 Å². The number of amidine groups is 1. The van der Waals surface area contributed by atoms with Crippen LogP contribution >= 0.6 is 11.3 Å². The van der Waals surface area contributed by atoms with Crippen molar-refractivity contribution in [1.29, 1.82) is 0 Å². The molecular weight excluding hydrogens is 338 g/mol. The standard InChI is InChI=1S/C22H29N3S/c1-4-15(3)8-9-16(5-2)19-14-24-20-13-17(10-11-18(19)20)25-22(23)21-7-6-12-26-21/h6-7,10-16,24H,4-5,8-9H2,1-3H3,(H2,23,25). The lowest BCUT2D eigenvalue weighted by atomic mass is 9.88. The summed E-state index contributed by atoms with van der Waals surface area (Å²) in [5.74, 6) is 1.99. The topological polar surface area (TPSA) is 54.2 Å². The molecule has 0 saturated heterocycles. The third-order valence-corrected chi connectivity index (χ3v) is 6.25. The first-order chi connectivity index (χ1) is 12.6. The Morgan fingerprint density at radius 3 is 2.73 bits per heavy atom. The molecule has 0 aliphatic carbocycles. The maximum atomic E-state index is 6.12. The lowest BCUT2D eigenvalue weighted by molar-refractivity contribution is 0.455. The molecule has 0 aliphatic heterocycles. The van der Waals surface area contributed by atoms with Crippen molar-refractivity contribution in [2.45, 2.75) is 52.4 Å². The minimum absolute atomic E-state index is 0.575. The smallest absolute Gasteiger partial charge is 0.141 e. The molecule has 0 aliphatic rings. The molecule has 3 N–H and O–H groups in total. The van der Waals surface area contributed by atoms with Crippen molar-refractivity contribution in [3.05, 3.63) is 52.3 Å². The SMILES string of the molecule is CCC(C)CCC(CC)c1c[nH]c2cc(N=C(N)c3cccs3)ccc12. The second-order valence-corrected chi connectivity index (χ2v) is 8.09. The highest BCUT2D eigenvalue weighted by molar-refractivity contribution is 7.12. The van der Waals surface area contributed by atoms with E-state index in [0.29, 0.717) is 11.8 Å². The van der Waals surface area contributed by atoms with Crippen LogP contribution in [0.2, 0.25) is 0 Å². The predicted molar refractivity (Wildman–Crippen MR) is 115 cm³/mol. The van der Waals surface area contributed by atoms with E-state index in [9.17, 15) is 0 Å². The molecule has 3 nitrogen and oxygen atoms in total. The van der Waals surface area contributed by atoms with E-state index < -0.39 is 0 Å². The second-order valence-electron chi connectivity index (χ2n) is 7.14. The molecule has 138 valence electrons. The molecule has 0 spiro atoms. The van der Waals surface area contributed by atoms with Crippen LogP contribution in [-0.2, 0) is 0 Å². The summed E-state index contributed by atoms with van der Waals surface area (Å²) in [6.07, 6.45) is 7.17. The number of nitrogens with zero attached hydrogens (tertiary/aromatic N) is 1. The fraction of sp³-hybridized carbons (Fsp3) is 0.409. The third-order valence-electron chi connectivity index (χ3n) is 5.36. The van der Waals surface area contributed by atoms with Gasteiger partial charge in [-0.05, 0) is 53.8 Å². The number of benzene rings is 1. The molecular formula is C22H29N3S. The van der Waals surface area contributed by atoms with Crippen LogP contribution in [0.15, 0.2) is 46.9 Å². The van der Waals surface area contributed by atoms with Crippen LogP contribution < -0.4 is 5.73 Å². The lowest BCUT2D eigenvalue weighted by Gasteiger charge is -2.17. The molecule has 2 unspecified atom stereocenters. The van der Waals surface area contributed by atoms with Gasteiger partial charge < -0.3 is 10.7 Å². The zero-order valence-electron chi connectivity index (χ0n) is 16.0. The van der Waals surface area contributed by atoms with Crippen molar-refractivity contribution in [3.63, 3.8) is 0 Å². The van der Waals surface area contributed by atoms with Gasteiger partial charge in [-0.1, -0.05) is 45.7 Å². The van der Waals surface area contributed by atoms with E-state index in [2.05, 4.69) is 55.1 Å². The number of fused-ring (bicyclic) bond motifs is 1. The van der Waals surface area contributed by atoms with Gasteiger partial charge in [0.05, 0.1) is 10.6 Å². The van der Waals surface area contributed by atoms with Crippen molar-refractivity contribution >= 4 is 33.8 Å². The molecule has 3 aromatic rings. The molecule has 0 fully saturated rings. The maximum Gasteiger partial charge on any atom is 0.141 e.